The van der Waals surface area contributed by atoms with Crippen molar-refractivity contribution in [2.45, 2.75) is 13.5 Å². The summed E-state index contributed by atoms with van der Waals surface area (Å²) in [5.74, 6) is 0.753. The summed E-state index contributed by atoms with van der Waals surface area (Å²) in [6.45, 7) is 2.62. The Bertz CT molecular complexity index is 812. The molecule has 3 nitrogen and oxygen atoms in total. The molecule has 0 atom stereocenters. The molecular weight excluding hydrogens is 338 g/mol. The van der Waals surface area contributed by atoms with Crippen LogP contribution in [0.4, 0.5) is 0 Å². The van der Waals surface area contributed by atoms with Crippen molar-refractivity contribution in [3.8, 4) is 5.75 Å². The summed E-state index contributed by atoms with van der Waals surface area (Å²) in [5.41, 5.74) is 3.34. The molecule has 0 aromatic heterocycles. The van der Waals surface area contributed by atoms with Crippen molar-refractivity contribution >= 4 is 40.3 Å². The highest BCUT2D eigenvalue weighted by Crippen LogP contribution is 2.31. The molecule has 24 heavy (non-hydrogen) atoms. The number of thioether (sulfide) groups is 1. The third-order valence-electron chi connectivity index (χ3n) is 3.82. The van der Waals surface area contributed by atoms with Crippen LogP contribution >= 0.6 is 24.0 Å². The van der Waals surface area contributed by atoms with Crippen LogP contribution < -0.4 is 4.74 Å². The lowest BCUT2D eigenvalue weighted by Crippen LogP contribution is -2.22. The Morgan fingerprint density at radius 2 is 1.88 bits per heavy atom. The van der Waals surface area contributed by atoms with Crippen LogP contribution in [0.15, 0.2) is 53.4 Å². The number of nitrogens with zero attached hydrogens (tertiary/aromatic N) is 1. The number of hydrogen-bond acceptors (Lipinski definition) is 4. The molecule has 0 saturated carbocycles. The van der Waals surface area contributed by atoms with E-state index >= 15 is 0 Å². The van der Waals surface area contributed by atoms with Crippen LogP contribution in [-0.2, 0) is 11.4 Å². The van der Waals surface area contributed by atoms with Gasteiger partial charge in [-0.2, -0.15) is 0 Å². The molecule has 1 heterocycles. The first-order valence-corrected chi connectivity index (χ1v) is 8.76. The van der Waals surface area contributed by atoms with E-state index in [1.165, 1.54) is 27.8 Å². The smallest absolute Gasteiger partial charge is 0.265 e. The maximum atomic E-state index is 12.0. The number of ether oxygens (including phenoxy) is 1. The van der Waals surface area contributed by atoms with E-state index in [-0.39, 0.29) is 5.91 Å². The van der Waals surface area contributed by atoms with Crippen molar-refractivity contribution in [3.05, 3.63) is 70.1 Å². The van der Waals surface area contributed by atoms with Gasteiger partial charge >= 0.3 is 0 Å². The van der Waals surface area contributed by atoms with E-state index in [4.69, 9.17) is 17.0 Å². The SMILES string of the molecule is Cc1ccccc1COc1ccc(/C=C2\SC(=S)N(C)C2=O)cc1. The van der Waals surface area contributed by atoms with E-state index in [0.717, 1.165) is 11.3 Å². The minimum atomic E-state index is -0.0510. The summed E-state index contributed by atoms with van der Waals surface area (Å²) in [7, 11) is 1.70. The molecule has 122 valence electrons. The number of hydrogen-bond donors (Lipinski definition) is 0. The van der Waals surface area contributed by atoms with Crippen molar-refractivity contribution in [1.82, 2.24) is 4.90 Å². The minimum absolute atomic E-state index is 0.0510. The standard InChI is InChI=1S/C19H17NO2S2/c1-13-5-3-4-6-15(13)12-22-16-9-7-14(8-10-16)11-17-18(21)20(2)19(23)24-17/h3-11H,12H2,1-2H3/b17-11-. The van der Waals surface area contributed by atoms with E-state index in [1.807, 2.05) is 42.5 Å². The summed E-state index contributed by atoms with van der Waals surface area (Å²) in [6.07, 6.45) is 1.86. The molecule has 1 saturated heterocycles. The number of thiocarbonyl (C=S) groups is 1. The number of rotatable bonds is 4. The molecule has 2 aromatic rings. The van der Waals surface area contributed by atoms with Crippen LogP contribution in [0.2, 0.25) is 0 Å². The maximum absolute atomic E-state index is 12.0. The van der Waals surface area contributed by atoms with E-state index in [2.05, 4.69) is 19.1 Å². The fourth-order valence-corrected chi connectivity index (χ4v) is 3.47. The highest BCUT2D eigenvalue weighted by Gasteiger charge is 2.28. The van der Waals surface area contributed by atoms with Crippen LogP contribution in [0.3, 0.4) is 0 Å². The molecule has 0 unspecified atom stereocenters. The zero-order chi connectivity index (χ0) is 17.1. The highest BCUT2D eigenvalue weighted by atomic mass is 32.2. The average Bonchev–Trinajstić information content (AvgIpc) is 2.82. The normalized spacial score (nSPS) is 16.1. The van der Waals surface area contributed by atoms with Gasteiger partial charge in [0.2, 0.25) is 0 Å². The number of carbonyl (C=O) groups excluding carboxylic acids is 1. The van der Waals surface area contributed by atoms with Gasteiger partial charge in [-0.1, -0.05) is 60.4 Å². The van der Waals surface area contributed by atoms with Crippen molar-refractivity contribution in [1.29, 1.82) is 0 Å². The van der Waals surface area contributed by atoms with Crippen molar-refractivity contribution < 1.29 is 9.53 Å². The predicted molar refractivity (Wildman–Crippen MR) is 103 cm³/mol. The highest BCUT2D eigenvalue weighted by molar-refractivity contribution is 8.26. The quantitative estimate of drug-likeness (QED) is 0.600. The van der Waals surface area contributed by atoms with Gasteiger partial charge in [-0.05, 0) is 41.8 Å². The second-order valence-corrected chi connectivity index (χ2v) is 7.20. The van der Waals surface area contributed by atoms with Gasteiger partial charge in [0, 0.05) is 7.05 Å². The second kappa shape index (κ2) is 7.20. The summed E-state index contributed by atoms with van der Waals surface area (Å²) in [6, 6.07) is 15.9. The molecule has 2 aromatic carbocycles. The van der Waals surface area contributed by atoms with E-state index < -0.39 is 0 Å². The van der Waals surface area contributed by atoms with Crippen LogP contribution in [0, 0.1) is 6.92 Å². The molecule has 0 bridgehead atoms. The average molecular weight is 355 g/mol. The van der Waals surface area contributed by atoms with Crippen LogP contribution in [0.1, 0.15) is 16.7 Å². The number of aryl methyl sites for hydroxylation is 1. The number of benzene rings is 2. The topological polar surface area (TPSA) is 29.5 Å². The van der Waals surface area contributed by atoms with Crippen molar-refractivity contribution in [3.63, 3.8) is 0 Å². The zero-order valence-corrected chi connectivity index (χ0v) is 15.1. The Morgan fingerprint density at radius 3 is 2.50 bits per heavy atom. The lowest BCUT2D eigenvalue weighted by Gasteiger charge is -2.08. The summed E-state index contributed by atoms with van der Waals surface area (Å²) in [5, 5.41) is 0. The molecule has 5 heteroatoms. The van der Waals surface area contributed by atoms with Crippen molar-refractivity contribution in [2.24, 2.45) is 0 Å². The van der Waals surface area contributed by atoms with E-state index in [0.29, 0.717) is 15.8 Å². The zero-order valence-electron chi connectivity index (χ0n) is 13.5. The van der Waals surface area contributed by atoms with Crippen LogP contribution in [-0.4, -0.2) is 22.2 Å². The summed E-state index contributed by atoms with van der Waals surface area (Å²) < 4.78 is 6.42. The lowest BCUT2D eigenvalue weighted by atomic mass is 10.1. The van der Waals surface area contributed by atoms with Gasteiger partial charge in [0.15, 0.2) is 0 Å². The number of likely N-dealkylation sites (N-methyl/N-ethyl adjacent to an activating group) is 1. The van der Waals surface area contributed by atoms with Crippen LogP contribution in [0.5, 0.6) is 5.75 Å². The van der Waals surface area contributed by atoms with Gasteiger partial charge in [-0.25, -0.2) is 0 Å². The van der Waals surface area contributed by atoms with Gasteiger partial charge in [0.25, 0.3) is 5.91 Å². The summed E-state index contributed by atoms with van der Waals surface area (Å²) >= 11 is 6.46. The molecule has 0 aliphatic carbocycles. The first-order valence-electron chi connectivity index (χ1n) is 7.53. The largest absolute Gasteiger partial charge is 0.489 e. The Kier molecular flexibility index (Phi) is 5.02. The number of carbonyl (C=O) groups is 1. The third kappa shape index (κ3) is 3.68. The Hall–Kier alpha value is -2.11. The van der Waals surface area contributed by atoms with E-state index in [9.17, 15) is 4.79 Å². The van der Waals surface area contributed by atoms with Crippen molar-refractivity contribution in [2.75, 3.05) is 7.05 Å². The minimum Gasteiger partial charge on any atom is -0.489 e. The maximum Gasteiger partial charge on any atom is 0.265 e. The number of amides is 1. The monoisotopic (exact) mass is 355 g/mol. The molecule has 0 spiro atoms. The Labute approximate surface area is 151 Å². The first-order chi connectivity index (χ1) is 11.5. The van der Waals surface area contributed by atoms with E-state index in [1.54, 1.807) is 7.05 Å². The second-order valence-electron chi connectivity index (χ2n) is 5.52. The molecule has 1 fully saturated rings. The van der Waals surface area contributed by atoms with Gasteiger partial charge in [-0.15, -0.1) is 0 Å². The van der Waals surface area contributed by atoms with Gasteiger partial charge < -0.3 is 4.74 Å². The molecule has 0 N–H and O–H groups in total. The molecule has 3 rings (SSSR count). The first kappa shape index (κ1) is 16.7. The molecule has 1 amide bonds. The predicted octanol–water partition coefficient (Wildman–Crippen LogP) is 4.41. The van der Waals surface area contributed by atoms with Gasteiger partial charge in [0.05, 0.1) is 4.91 Å². The molecule has 0 radical (unpaired) electrons. The Balaban J connectivity index is 1.67. The third-order valence-corrected chi connectivity index (χ3v) is 5.30. The molecular formula is C19H17NO2S2. The summed E-state index contributed by atoms with van der Waals surface area (Å²) in [4.78, 5) is 14.1. The van der Waals surface area contributed by atoms with Gasteiger partial charge in [-0.3, -0.25) is 9.69 Å². The molecule has 1 aliphatic heterocycles. The Morgan fingerprint density at radius 1 is 1.17 bits per heavy atom. The lowest BCUT2D eigenvalue weighted by molar-refractivity contribution is -0.121. The van der Waals surface area contributed by atoms with Crippen LogP contribution in [0.25, 0.3) is 6.08 Å². The fourth-order valence-electron chi connectivity index (χ4n) is 2.29. The van der Waals surface area contributed by atoms with Gasteiger partial charge in [0.1, 0.15) is 16.7 Å². The molecule has 1 aliphatic rings. The fraction of sp³-hybridized carbons (Fsp3) is 0.158.